The molecule has 1 saturated heterocycles. The first-order valence-corrected chi connectivity index (χ1v) is 8.69. The molecule has 0 aliphatic carbocycles. The fraction of sp³-hybridized carbons (Fsp3) is 0.474. The number of aromatic carboxylic acids is 1. The van der Waals surface area contributed by atoms with Crippen LogP contribution in [0.5, 0.6) is 5.75 Å². The molecule has 0 bridgehead atoms. The Labute approximate surface area is 159 Å². The quantitative estimate of drug-likeness (QED) is 0.743. The van der Waals surface area contributed by atoms with Crippen molar-refractivity contribution in [3.8, 4) is 5.75 Å². The van der Waals surface area contributed by atoms with Gasteiger partial charge in [0.15, 0.2) is 0 Å². The predicted octanol–water partition coefficient (Wildman–Crippen LogP) is 2.54. The van der Waals surface area contributed by atoms with Gasteiger partial charge in [0, 0.05) is 13.5 Å². The predicted molar refractivity (Wildman–Crippen MR) is 103 cm³/mol. The van der Waals surface area contributed by atoms with E-state index in [0.29, 0.717) is 11.0 Å². The lowest BCUT2D eigenvalue weighted by molar-refractivity contribution is -0.118. The van der Waals surface area contributed by atoms with E-state index in [4.69, 9.17) is 14.0 Å². The third-order valence-corrected chi connectivity index (χ3v) is 4.90. The molecular weight excluding hydrogens is 349 g/mol. The van der Waals surface area contributed by atoms with E-state index in [0.717, 1.165) is 0 Å². The highest BCUT2D eigenvalue weighted by molar-refractivity contribution is 6.56. The number of rotatable bonds is 6. The topological polar surface area (TPSA) is 94.1 Å². The number of carboxylic acid groups (broad SMARTS) is 1. The first-order chi connectivity index (χ1) is 12.5. The molecular formula is C19H26BNO6. The molecule has 1 fully saturated rings. The molecule has 1 aromatic rings. The number of benzene rings is 1. The molecule has 1 amide bonds. The van der Waals surface area contributed by atoms with Gasteiger partial charge in [-0.25, -0.2) is 4.79 Å². The lowest BCUT2D eigenvalue weighted by atomic mass is 9.77. The van der Waals surface area contributed by atoms with Gasteiger partial charge < -0.3 is 24.5 Å². The van der Waals surface area contributed by atoms with Crippen LogP contribution in [-0.4, -0.2) is 49.0 Å². The van der Waals surface area contributed by atoms with Crippen LogP contribution in [0.15, 0.2) is 23.7 Å². The molecule has 0 atom stereocenters. The third-order valence-electron chi connectivity index (χ3n) is 4.90. The number of carbonyl (C=O) groups is 2. The number of methoxy groups -OCH3 is 1. The summed E-state index contributed by atoms with van der Waals surface area (Å²) in [6.45, 7) is 9.42. The number of ether oxygens (including phenoxy) is 1. The average Bonchev–Trinajstić information content (AvgIpc) is 2.78. The van der Waals surface area contributed by atoms with Gasteiger partial charge in [-0.2, -0.15) is 0 Å². The molecule has 146 valence electrons. The highest BCUT2D eigenvalue weighted by Crippen LogP contribution is 2.38. The van der Waals surface area contributed by atoms with E-state index < -0.39 is 24.3 Å². The molecule has 1 aromatic carbocycles. The summed E-state index contributed by atoms with van der Waals surface area (Å²) in [7, 11) is 0.765. The average molecular weight is 375 g/mol. The van der Waals surface area contributed by atoms with Crippen LogP contribution < -0.4 is 10.1 Å². The number of hydrogen-bond donors (Lipinski definition) is 2. The van der Waals surface area contributed by atoms with Gasteiger partial charge in [-0.05, 0) is 50.9 Å². The summed E-state index contributed by atoms with van der Waals surface area (Å²) in [5.41, 5.74) is 0.325. The highest BCUT2D eigenvalue weighted by atomic mass is 16.7. The van der Waals surface area contributed by atoms with E-state index in [9.17, 15) is 14.7 Å². The van der Waals surface area contributed by atoms with E-state index >= 15 is 0 Å². The first-order valence-electron chi connectivity index (χ1n) is 8.69. The molecule has 7 nitrogen and oxygen atoms in total. The fourth-order valence-electron chi connectivity index (χ4n) is 2.62. The molecule has 0 aromatic heterocycles. The van der Waals surface area contributed by atoms with Crippen LogP contribution in [0.2, 0.25) is 0 Å². The number of hydrogen-bond acceptors (Lipinski definition) is 5. The van der Waals surface area contributed by atoms with Crippen LogP contribution in [0.25, 0.3) is 6.08 Å². The van der Waals surface area contributed by atoms with Gasteiger partial charge in [0.1, 0.15) is 11.3 Å². The molecule has 0 saturated carbocycles. The largest absolute Gasteiger partial charge is 0.496 e. The maximum atomic E-state index is 11.5. The Kier molecular flexibility index (Phi) is 6.02. The van der Waals surface area contributed by atoms with Crippen molar-refractivity contribution < 1.29 is 28.7 Å². The summed E-state index contributed by atoms with van der Waals surface area (Å²) in [6.07, 6.45) is 1.77. The number of carboxylic acids is 1. The van der Waals surface area contributed by atoms with Crippen molar-refractivity contribution in [1.82, 2.24) is 5.32 Å². The van der Waals surface area contributed by atoms with Crippen molar-refractivity contribution in [3.63, 3.8) is 0 Å². The number of nitrogens with one attached hydrogen (secondary N) is 1. The lowest BCUT2D eigenvalue weighted by Gasteiger charge is -2.32. The lowest BCUT2D eigenvalue weighted by Crippen LogP contribution is -2.41. The Morgan fingerprint density at radius 1 is 1.22 bits per heavy atom. The molecule has 0 radical (unpaired) electrons. The van der Waals surface area contributed by atoms with Gasteiger partial charge >= 0.3 is 13.1 Å². The second-order valence-electron chi connectivity index (χ2n) is 7.48. The maximum Gasteiger partial charge on any atom is 0.492 e. The standard InChI is InChI=1S/C19H26BNO6/c1-12(22)21-11-14(20-26-18(2,3)19(4,5)27-20)9-13-7-8-16(25-6)15(10-13)17(23)24/h7-10H,11H2,1-6H3,(H,21,22)(H,23,24). The van der Waals surface area contributed by atoms with Crippen molar-refractivity contribution in [2.75, 3.05) is 13.7 Å². The van der Waals surface area contributed by atoms with E-state index in [1.807, 2.05) is 27.7 Å². The Hall–Kier alpha value is -2.32. The second-order valence-corrected chi connectivity index (χ2v) is 7.48. The van der Waals surface area contributed by atoms with Crippen LogP contribution >= 0.6 is 0 Å². The Balaban J connectivity index is 2.41. The van der Waals surface area contributed by atoms with E-state index in [-0.39, 0.29) is 23.8 Å². The van der Waals surface area contributed by atoms with Gasteiger partial charge in [-0.15, -0.1) is 0 Å². The van der Waals surface area contributed by atoms with Crippen molar-refractivity contribution in [1.29, 1.82) is 0 Å². The van der Waals surface area contributed by atoms with Gasteiger partial charge in [0.05, 0.1) is 18.3 Å². The summed E-state index contributed by atoms with van der Waals surface area (Å²) in [5.74, 6) is -0.988. The van der Waals surface area contributed by atoms with E-state index in [2.05, 4.69) is 5.32 Å². The zero-order chi connectivity index (χ0) is 20.4. The van der Waals surface area contributed by atoms with Gasteiger partial charge in [0.25, 0.3) is 0 Å². The van der Waals surface area contributed by atoms with E-state index in [1.54, 1.807) is 18.2 Å². The summed E-state index contributed by atoms with van der Waals surface area (Å²) in [6, 6.07) is 4.85. The zero-order valence-electron chi connectivity index (χ0n) is 16.6. The summed E-state index contributed by atoms with van der Waals surface area (Å²) >= 11 is 0. The number of amides is 1. The second kappa shape index (κ2) is 7.74. The minimum absolute atomic E-state index is 0.0547. The number of carbonyl (C=O) groups excluding carboxylic acids is 1. The van der Waals surface area contributed by atoms with Crippen molar-refractivity contribution >= 4 is 25.1 Å². The molecule has 1 aliphatic heterocycles. The minimum Gasteiger partial charge on any atom is -0.496 e. The van der Waals surface area contributed by atoms with Crippen LogP contribution in [0.3, 0.4) is 0 Å². The smallest absolute Gasteiger partial charge is 0.492 e. The minimum atomic E-state index is -1.08. The Morgan fingerprint density at radius 2 is 1.81 bits per heavy atom. The van der Waals surface area contributed by atoms with Gasteiger partial charge in [-0.1, -0.05) is 12.1 Å². The fourth-order valence-corrected chi connectivity index (χ4v) is 2.62. The maximum absolute atomic E-state index is 11.5. The Bertz CT molecular complexity index is 755. The van der Waals surface area contributed by atoms with Crippen LogP contribution in [-0.2, 0) is 14.1 Å². The molecule has 2 N–H and O–H groups in total. The SMILES string of the molecule is COc1ccc(C=C(CNC(C)=O)B2OC(C)(C)C(C)(C)O2)cc1C(=O)O. The van der Waals surface area contributed by atoms with Crippen molar-refractivity contribution in [2.45, 2.75) is 45.8 Å². The highest BCUT2D eigenvalue weighted by Gasteiger charge is 2.52. The van der Waals surface area contributed by atoms with Gasteiger partial charge in [-0.3, -0.25) is 4.79 Å². The van der Waals surface area contributed by atoms with Crippen molar-refractivity contribution in [2.24, 2.45) is 0 Å². The van der Waals surface area contributed by atoms with E-state index in [1.165, 1.54) is 20.1 Å². The summed E-state index contributed by atoms with van der Waals surface area (Å²) in [4.78, 5) is 22.8. The molecule has 0 unspecified atom stereocenters. The van der Waals surface area contributed by atoms with Crippen LogP contribution in [0.4, 0.5) is 0 Å². The monoisotopic (exact) mass is 375 g/mol. The molecule has 2 rings (SSSR count). The summed E-state index contributed by atoms with van der Waals surface area (Å²) in [5, 5.41) is 12.1. The first kappa shape index (κ1) is 21.0. The molecule has 1 heterocycles. The van der Waals surface area contributed by atoms with Crippen molar-refractivity contribution in [3.05, 3.63) is 34.8 Å². The zero-order valence-corrected chi connectivity index (χ0v) is 16.6. The Morgan fingerprint density at radius 3 is 2.30 bits per heavy atom. The normalized spacial score (nSPS) is 18.3. The third kappa shape index (κ3) is 4.70. The van der Waals surface area contributed by atoms with Crippen LogP contribution in [0.1, 0.15) is 50.5 Å². The van der Waals surface area contributed by atoms with Crippen LogP contribution in [0, 0.1) is 0 Å². The molecule has 8 heteroatoms. The molecule has 0 spiro atoms. The molecule has 27 heavy (non-hydrogen) atoms. The molecule has 1 aliphatic rings. The summed E-state index contributed by atoms with van der Waals surface area (Å²) < 4.78 is 17.2. The van der Waals surface area contributed by atoms with Gasteiger partial charge in [0.2, 0.25) is 5.91 Å².